The quantitative estimate of drug-likeness (QED) is 0.445. The monoisotopic (exact) mass is 449 g/mol. The molecule has 1 aromatic carbocycles. The van der Waals surface area contributed by atoms with Gasteiger partial charge < -0.3 is 4.90 Å². The van der Waals surface area contributed by atoms with Gasteiger partial charge in [0.25, 0.3) is 0 Å². The van der Waals surface area contributed by atoms with Gasteiger partial charge in [-0.25, -0.2) is 10.4 Å². The number of aromatic nitrogens is 2. The molecule has 1 atom stereocenters. The van der Waals surface area contributed by atoms with Crippen molar-refractivity contribution in [1.82, 2.24) is 19.7 Å². The van der Waals surface area contributed by atoms with Crippen molar-refractivity contribution in [2.45, 2.75) is 51.9 Å². The number of benzene rings is 1. The summed E-state index contributed by atoms with van der Waals surface area (Å²) in [6, 6.07) is 10.3. The number of carbonyl (C=O) groups is 1. The Balaban J connectivity index is 1.42. The molecule has 1 aliphatic carbocycles. The van der Waals surface area contributed by atoms with Crippen LogP contribution in [0, 0.1) is 5.92 Å². The molecule has 5 rings (SSSR count). The van der Waals surface area contributed by atoms with Crippen LogP contribution in [0.1, 0.15) is 55.3 Å². The van der Waals surface area contributed by atoms with Crippen molar-refractivity contribution in [2.24, 2.45) is 11.0 Å². The summed E-state index contributed by atoms with van der Waals surface area (Å²) in [5, 5.41) is 4.43. The Morgan fingerprint density at radius 3 is 2.94 bits per heavy atom. The Labute approximate surface area is 193 Å². The molecule has 168 valence electrons. The second kappa shape index (κ2) is 9.55. The van der Waals surface area contributed by atoms with E-state index in [-0.39, 0.29) is 11.8 Å². The van der Waals surface area contributed by atoms with Gasteiger partial charge in [0.15, 0.2) is 4.96 Å². The predicted molar refractivity (Wildman–Crippen MR) is 130 cm³/mol. The van der Waals surface area contributed by atoms with Crippen LogP contribution < -0.4 is 5.43 Å². The predicted octanol–water partition coefficient (Wildman–Crippen LogP) is 4.51. The Hall–Kier alpha value is -2.51. The number of rotatable bonds is 6. The summed E-state index contributed by atoms with van der Waals surface area (Å²) in [6.07, 6.45) is 9.59. The van der Waals surface area contributed by atoms with Crippen LogP contribution >= 0.6 is 11.3 Å². The Kier molecular flexibility index (Phi) is 6.37. The molecular formula is C25H31N5OS. The average Bonchev–Trinajstić information content (AvgIpc) is 3.36. The van der Waals surface area contributed by atoms with E-state index in [4.69, 9.17) is 4.98 Å². The van der Waals surface area contributed by atoms with E-state index in [9.17, 15) is 4.79 Å². The minimum Gasteiger partial charge on any atom is -0.303 e. The first-order valence-corrected chi connectivity index (χ1v) is 12.7. The molecule has 1 saturated heterocycles. The molecule has 1 unspecified atom stereocenters. The van der Waals surface area contributed by atoms with Gasteiger partial charge in [-0.05, 0) is 58.0 Å². The summed E-state index contributed by atoms with van der Waals surface area (Å²) in [6.45, 7) is 5.18. The zero-order valence-corrected chi connectivity index (χ0v) is 19.5. The molecule has 1 amide bonds. The van der Waals surface area contributed by atoms with Gasteiger partial charge in [0, 0.05) is 22.7 Å². The normalized spacial score (nSPS) is 19.5. The van der Waals surface area contributed by atoms with Gasteiger partial charge in [0.05, 0.1) is 23.5 Å². The van der Waals surface area contributed by atoms with Crippen molar-refractivity contribution in [1.29, 1.82) is 0 Å². The number of hydrogen-bond acceptors (Lipinski definition) is 5. The number of aryl methyl sites for hydroxylation is 2. The lowest BCUT2D eigenvalue weighted by Crippen LogP contribution is -2.42. The van der Waals surface area contributed by atoms with Crippen LogP contribution in [-0.2, 0) is 17.6 Å². The van der Waals surface area contributed by atoms with Crippen LogP contribution in [0.3, 0.4) is 0 Å². The van der Waals surface area contributed by atoms with Gasteiger partial charge in [-0.2, -0.15) is 5.10 Å². The number of fused-ring (bicyclic) bond motifs is 3. The molecule has 0 spiro atoms. The van der Waals surface area contributed by atoms with Crippen LogP contribution in [0.2, 0.25) is 0 Å². The standard InChI is InChI=1S/C25H31N5OS/c1-2-14-29-15-8-11-19(17-29)24(31)28-26-16-21-23(18-9-4-3-5-10-18)27-25-30(21)20-12-6-7-13-22(20)32-25/h3-5,9-10,16,19H,2,6-8,11-15,17H2,1H3,(H,28,31). The van der Waals surface area contributed by atoms with Crippen molar-refractivity contribution in [2.75, 3.05) is 19.6 Å². The fourth-order valence-corrected chi connectivity index (χ4v) is 6.24. The fourth-order valence-electron chi connectivity index (χ4n) is 5.02. The zero-order valence-electron chi connectivity index (χ0n) is 18.7. The largest absolute Gasteiger partial charge is 0.303 e. The molecule has 3 heterocycles. The highest BCUT2D eigenvalue weighted by Gasteiger charge is 2.26. The maximum Gasteiger partial charge on any atom is 0.244 e. The minimum atomic E-state index is 0.0143. The number of nitrogens with one attached hydrogen (secondary N) is 1. The van der Waals surface area contributed by atoms with Gasteiger partial charge in [0.2, 0.25) is 5.91 Å². The number of piperidine rings is 1. The third kappa shape index (κ3) is 4.24. The van der Waals surface area contributed by atoms with Gasteiger partial charge >= 0.3 is 0 Å². The molecule has 2 aliphatic rings. The van der Waals surface area contributed by atoms with Crippen LogP contribution in [0.4, 0.5) is 0 Å². The van der Waals surface area contributed by atoms with Gasteiger partial charge in [-0.1, -0.05) is 37.3 Å². The van der Waals surface area contributed by atoms with Gasteiger partial charge in [0.1, 0.15) is 0 Å². The molecular weight excluding hydrogens is 418 g/mol. The number of nitrogens with zero attached hydrogens (tertiary/aromatic N) is 4. The second-order valence-electron chi connectivity index (χ2n) is 8.88. The van der Waals surface area contributed by atoms with Crippen LogP contribution in [-0.4, -0.2) is 46.0 Å². The van der Waals surface area contributed by atoms with Crippen LogP contribution in [0.25, 0.3) is 16.2 Å². The first-order valence-electron chi connectivity index (χ1n) is 11.9. The first kappa shape index (κ1) is 21.3. The average molecular weight is 450 g/mol. The number of hydrazone groups is 1. The molecule has 1 fully saturated rings. The summed E-state index contributed by atoms with van der Waals surface area (Å²) in [7, 11) is 0. The van der Waals surface area contributed by atoms with Gasteiger partial charge in [-0.15, -0.1) is 11.3 Å². The van der Waals surface area contributed by atoms with E-state index in [1.54, 1.807) is 17.6 Å². The summed E-state index contributed by atoms with van der Waals surface area (Å²) >= 11 is 1.79. The summed E-state index contributed by atoms with van der Waals surface area (Å²) < 4.78 is 2.26. The lowest BCUT2D eigenvalue weighted by molar-refractivity contribution is -0.126. The second-order valence-corrected chi connectivity index (χ2v) is 9.94. The van der Waals surface area contributed by atoms with E-state index in [1.165, 1.54) is 23.4 Å². The topological polar surface area (TPSA) is 62.0 Å². The highest BCUT2D eigenvalue weighted by atomic mass is 32.1. The Morgan fingerprint density at radius 1 is 1.25 bits per heavy atom. The third-order valence-electron chi connectivity index (χ3n) is 6.58. The number of hydrogen-bond donors (Lipinski definition) is 1. The number of carbonyl (C=O) groups excluding carboxylic acids is 1. The maximum atomic E-state index is 12.8. The van der Waals surface area contributed by atoms with Crippen molar-refractivity contribution in [3.63, 3.8) is 0 Å². The Bertz CT molecular complexity index is 1110. The molecule has 1 aliphatic heterocycles. The van der Waals surface area contributed by atoms with E-state index in [2.05, 4.69) is 38.9 Å². The number of amides is 1. The zero-order chi connectivity index (χ0) is 21.9. The van der Waals surface area contributed by atoms with E-state index >= 15 is 0 Å². The molecule has 0 bridgehead atoms. The van der Waals surface area contributed by atoms with Crippen LogP contribution in [0.5, 0.6) is 0 Å². The minimum absolute atomic E-state index is 0.0143. The molecule has 7 heteroatoms. The lowest BCUT2D eigenvalue weighted by atomic mass is 9.97. The molecule has 6 nitrogen and oxygen atoms in total. The highest BCUT2D eigenvalue weighted by molar-refractivity contribution is 7.17. The fraction of sp³-hybridized carbons (Fsp3) is 0.480. The smallest absolute Gasteiger partial charge is 0.244 e. The summed E-state index contributed by atoms with van der Waals surface area (Å²) in [5.74, 6) is 0.0387. The summed E-state index contributed by atoms with van der Waals surface area (Å²) in [5.41, 5.74) is 7.16. The van der Waals surface area contributed by atoms with Crippen molar-refractivity contribution in [3.05, 3.63) is 46.6 Å². The van der Waals surface area contributed by atoms with Gasteiger partial charge in [-0.3, -0.25) is 9.20 Å². The van der Waals surface area contributed by atoms with Crippen molar-refractivity contribution >= 4 is 28.4 Å². The maximum absolute atomic E-state index is 12.8. The number of likely N-dealkylation sites (tertiary alicyclic amines) is 1. The molecule has 0 saturated carbocycles. The van der Waals surface area contributed by atoms with Crippen molar-refractivity contribution < 1.29 is 4.79 Å². The first-order chi connectivity index (χ1) is 15.7. The Morgan fingerprint density at radius 2 is 2.09 bits per heavy atom. The number of thiazole rings is 1. The lowest BCUT2D eigenvalue weighted by Gasteiger charge is -2.31. The van der Waals surface area contributed by atoms with Crippen molar-refractivity contribution in [3.8, 4) is 11.3 Å². The van der Waals surface area contributed by atoms with E-state index < -0.39 is 0 Å². The van der Waals surface area contributed by atoms with E-state index in [1.807, 2.05) is 18.2 Å². The molecule has 3 aromatic rings. The molecule has 2 aromatic heterocycles. The third-order valence-corrected chi connectivity index (χ3v) is 7.72. The molecule has 0 radical (unpaired) electrons. The molecule has 1 N–H and O–H groups in total. The summed E-state index contributed by atoms with van der Waals surface area (Å²) in [4.78, 5) is 22.6. The highest BCUT2D eigenvalue weighted by Crippen LogP contribution is 2.34. The van der Waals surface area contributed by atoms with E-state index in [0.717, 1.165) is 73.7 Å². The number of imidazole rings is 1. The van der Waals surface area contributed by atoms with Crippen LogP contribution in [0.15, 0.2) is 35.4 Å². The molecule has 32 heavy (non-hydrogen) atoms. The SMILES string of the molecule is CCCN1CCCC(C(=O)NN=Cc2c(-c3ccccc3)nc3sc4c(n23)CCCC4)C1. The van der Waals surface area contributed by atoms with E-state index in [0.29, 0.717) is 0 Å².